The van der Waals surface area contributed by atoms with E-state index in [2.05, 4.69) is 5.32 Å². The summed E-state index contributed by atoms with van der Waals surface area (Å²) < 4.78 is 0. The SMILES string of the molecule is CC(=O)N1CCCC[C@H]1CNC1CC1. The quantitative estimate of drug-likeness (QED) is 0.734. The molecule has 0 unspecified atom stereocenters. The van der Waals surface area contributed by atoms with Crippen LogP contribution in [0.2, 0.25) is 0 Å². The van der Waals surface area contributed by atoms with Gasteiger partial charge in [-0.15, -0.1) is 0 Å². The lowest BCUT2D eigenvalue weighted by atomic mass is 10.0. The Morgan fingerprint density at radius 3 is 2.79 bits per heavy atom. The van der Waals surface area contributed by atoms with Crippen LogP contribution in [0.3, 0.4) is 0 Å². The second kappa shape index (κ2) is 4.30. The van der Waals surface area contributed by atoms with Crippen LogP contribution in [0.4, 0.5) is 0 Å². The van der Waals surface area contributed by atoms with Crippen LogP contribution in [-0.2, 0) is 4.79 Å². The van der Waals surface area contributed by atoms with Gasteiger partial charge in [0.25, 0.3) is 0 Å². The third kappa shape index (κ3) is 2.47. The maximum absolute atomic E-state index is 11.4. The number of nitrogens with zero attached hydrogens (tertiary/aromatic N) is 1. The predicted octanol–water partition coefficient (Wildman–Crippen LogP) is 1.14. The molecule has 0 aromatic heterocycles. The van der Waals surface area contributed by atoms with Gasteiger partial charge in [0.05, 0.1) is 0 Å². The fourth-order valence-electron chi connectivity index (χ4n) is 2.22. The number of likely N-dealkylation sites (tertiary alicyclic amines) is 1. The molecule has 80 valence electrons. The zero-order chi connectivity index (χ0) is 9.97. The van der Waals surface area contributed by atoms with E-state index in [0.29, 0.717) is 6.04 Å². The fourth-order valence-corrected chi connectivity index (χ4v) is 2.22. The Bertz CT molecular complexity index is 213. The Labute approximate surface area is 85.8 Å². The largest absolute Gasteiger partial charge is 0.339 e. The number of amides is 1. The summed E-state index contributed by atoms with van der Waals surface area (Å²) in [5.74, 6) is 0.243. The number of nitrogens with one attached hydrogen (secondary N) is 1. The summed E-state index contributed by atoms with van der Waals surface area (Å²) >= 11 is 0. The van der Waals surface area contributed by atoms with Gasteiger partial charge in [-0.2, -0.15) is 0 Å². The molecule has 1 heterocycles. The summed E-state index contributed by atoms with van der Waals surface area (Å²) in [7, 11) is 0. The van der Waals surface area contributed by atoms with Crippen molar-refractivity contribution in [1.82, 2.24) is 10.2 Å². The molecule has 2 aliphatic rings. The lowest BCUT2D eigenvalue weighted by Crippen LogP contribution is -2.48. The molecule has 0 radical (unpaired) electrons. The van der Waals surface area contributed by atoms with E-state index in [4.69, 9.17) is 0 Å². The minimum atomic E-state index is 0.243. The van der Waals surface area contributed by atoms with Crippen molar-refractivity contribution in [3.8, 4) is 0 Å². The van der Waals surface area contributed by atoms with Gasteiger partial charge in [-0.05, 0) is 32.1 Å². The number of carbonyl (C=O) groups excluding carboxylic acids is 1. The van der Waals surface area contributed by atoms with Crippen LogP contribution < -0.4 is 5.32 Å². The summed E-state index contributed by atoms with van der Waals surface area (Å²) in [5, 5.41) is 3.52. The number of carbonyl (C=O) groups is 1. The predicted molar refractivity (Wildman–Crippen MR) is 56.1 cm³/mol. The van der Waals surface area contributed by atoms with Crippen LogP contribution in [0.5, 0.6) is 0 Å². The van der Waals surface area contributed by atoms with E-state index in [1.807, 2.05) is 4.90 Å². The van der Waals surface area contributed by atoms with Crippen LogP contribution in [-0.4, -0.2) is 36.0 Å². The highest BCUT2D eigenvalue weighted by Crippen LogP contribution is 2.21. The van der Waals surface area contributed by atoms with E-state index in [9.17, 15) is 4.79 Å². The lowest BCUT2D eigenvalue weighted by Gasteiger charge is -2.35. The van der Waals surface area contributed by atoms with Crippen molar-refractivity contribution >= 4 is 5.91 Å². The van der Waals surface area contributed by atoms with Crippen molar-refractivity contribution in [1.29, 1.82) is 0 Å². The molecule has 1 saturated carbocycles. The molecule has 14 heavy (non-hydrogen) atoms. The molecule has 2 rings (SSSR count). The molecule has 1 amide bonds. The molecule has 1 aliphatic heterocycles. The van der Waals surface area contributed by atoms with E-state index in [1.54, 1.807) is 6.92 Å². The smallest absolute Gasteiger partial charge is 0.219 e. The first kappa shape index (κ1) is 9.97. The van der Waals surface area contributed by atoms with Gasteiger partial charge in [0.1, 0.15) is 0 Å². The summed E-state index contributed by atoms with van der Waals surface area (Å²) in [5.41, 5.74) is 0. The van der Waals surface area contributed by atoms with Crippen molar-refractivity contribution in [3.05, 3.63) is 0 Å². The molecule has 1 atom stereocenters. The van der Waals surface area contributed by atoms with Crippen molar-refractivity contribution in [2.24, 2.45) is 0 Å². The number of hydrogen-bond acceptors (Lipinski definition) is 2. The summed E-state index contributed by atoms with van der Waals surface area (Å²) in [6.07, 6.45) is 6.29. The average Bonchev–Trinajstić information content (AvgIpc) is 2.98. The molecular formula is C11H20N2O. The van der Waals surface area contributed by atoms with Gasteiger partial charge in [-0.1, -0.05) is 0 Å². The van der Waals surface area contributed by atoms with Crippen molar-refractivity contribution in [2.45, 2.75) is 51.1 Å². The molecule has 1 N–H and O–H groups in total. The van der Waals surface area contributed by atoms with Gasteiger partial charge in [-0.3, -0.25) is 4.79 Å². The molecule has 0 aromatic carbocycles. The topological polar surface area (TPSA) is 32.3 Å². The first-order valence-electron chi connectivity index (χ1n) is 5.78. The minimum absolute atomic E-state index is 0.243. The van der Waals surface area contributed by atoms with Crippen LogP contribution in [0.1, 0.15) is 39.0 Å². The average molecular weight is 196 g/mol. The Hall–Kier alpha value is -0.570. The summed E-state index contributed by atoms with van der Waals surface area (Å²) in [4.78, 5) is 13.4. The molecule has 0 aromatic rings. The van der Waals surface area contributed by atoms with E-state index >= 15 is 0 Å². The molecule has 0 spiro atoms. The molecule has 1 saturated heterocycles. The van der Waals surface area contributed by atoms with E-state index < -0.39 is 0 Å². The highest BCUT2D eigenvalue weighted by molar-refractivity contribution is 5.73. The molecule has 3 nitrogen and oxygen atoms in total. The molecule has 3 heteroatoms. The van der Waals surface area contributed by atoms with Crippen LogP contribution in [0.15, 0.2) is 0 Å². The zero-order valence-electron chi connectivity index (χ0n) is 8.96. The van der Waals surface area contributed by atoms with Gasteiger partial charge < -0.3 is 10.2 Å². The maximum atomic E-state index is 11.4. The van der Waals surface area contributed by atoms with E-state index in [0.717, 1.165) is 19.1 Å². The van der Waals surface area contributed by atoms with Gasteiger partial charge in [-0.25, -0.2) is 0 Å². The Balaban J connectivity index is 1.81. The molecule has 1 aliphatic carbocycles. The van der Waals surface area contributed by atoms with Crippen molar-refractivity contribution < 1.29 is 4.79 Å². The van der Waals surface area contributed by atoms with Crippen LogP contribution >= 0.6 is 0 Å². The maximum Gasteiger partial charge on any atom is 0.219 e. The highest BCUT2D eigenvalue weighted by Gasteiger charge is 2.27. The van der Waals surface area contributed by atoms with E-state index in [-0.39, 0.29) is 5.91 Å². The Kier molecular flexibility index (Phi) is 3.06. The fraction of sp³-hybridized carbons (Fsp3) is 0.909. The second-order valence-electron chi connectivity index (χ2n) is 4.54. The molecular weight excluding hydrogens is 176 g/mol. The van der Waals surface area contributed by atoms with Crippen molar-refractivity contribution in [2.75, 3.05) is 13.1 Å². The Morgan fingerprint density at radius 2 is 2.14 bits per heavy atom. The summed E-state index contributed by atoms with van der Waals surface area (Å²) in [6, 6.07) is 1.22. The number of piperidine rings is 1. The van der Waals surface area contributed by atoms with Crippen LogP contribution in [0.25, 0.3) is 0 Å². The van der Waals surface area contributed by atoms with E-state index in [1.165, 1.54) is 32.1 Å². The third-order valence-electron chi connectivity index (χ3n) is 3.25. The minimum Gasteiger partial charge on any atom is -0.339 e. The first-order chi connectivity index (χ1) is 6.77. The normalized spacial score (nSPS) is 27.8. The van der Waals surface area contributed by atoms with Gasteiger partial charge >= 0.3 is 0 Å². The number of hydrogen-bond donors (Lipinski definition) is 1. The Morgan fingerprint density at radius 1 is 1.36 bits per heavy atom. The highest BCUT2D eigenvalue weighted by atomic mass is 16.2. The number of rotatable bonds is 3. The second-order valence-corrected chi connectivity index (χ2v) is 4.54. The summed E-state index contributed by atoms with van der Waals surface area (Å²) in [6.45, 7) is 3.66. The third-order valence-corrected chi connectivity index (χ3v) is 3.25. The first-order valence-corrected chi connectivity index (χ1v) is 5.78. The van der Waals surface area contributed by atoms with Gasteiger partial charge in [0.15, 0.2) is 0 Å². The van der Waals surface area contributed by atoms with Crippen molar-refractivity contribution in [3.63, 3.8) is 0 Å². The zero-order valence-corrected chi connectivity index (χ0v) is 8.96. The molecule has 0 bridgehead atoms. The van der Waals surface area contributed by atoms with Crippen LogP contribution in [0, 0.1) is 0 Å². The van der Waals surface area contributed by atoms with Gasteiger partial charge in [0.2, 0.25) is 5.91 Å². The van der Waals surface area contributed by atoms with Gasteiger partial charge in [0, 0.05) is 32.1 Å². The monoisotopic (exact) mass is 196 g/mol. The standard InChI is InChI=1S/C11H20N2O/c1-9(14)13-7-3-2-4-11(13)8-12-10-5-6-10/h10-12H,2-8H2,1H3/t11-/m0/s1. The molecule has 2 fully saturated rings. The lowest BCUT2D eigenvalue weighted by molar-refractivity contribution is -0.132.